The zero-order chi connectivity index (χ0) is 17.3. The molecule has 0 radical (unpaired) electrons. The van der Waals surface area contributed by atoms with Crippen molar-refractivity contribution >= 4 is 35.5 Å². The number of benzene rings is 1. The van der Waals surface area contributed by atoms with Gasteiger partial charge in [-0.2, -0.15) is 0 Å². The topological polar surface area (TPSA) is 79.6 Å². The molecule has 0 aliphatic carbocycles. The number of rotatable bonds is 3. The Labute approximate surface area is 142 Å². The van der Waals surface area contributed by atoms with Gasteiger partial charge in [0.1, 0.15) is 17.1 Å². The number of furan rings is 1. The number of nitrogens with one attached hydrogen (secondary N) is 1. The lowest BCUT2D eigenvalue weighted by Gasteiger charge is -2.26. The first-order chi connectivity index (χ1) is 11.5. The first-order valence-electron chi connectivity index (χ1n) is 7.14. The molecule has 0 saturated carbocycles. The smallest absolute Gasteiger partial charge is 0.331 e. The molecule has 0 atom stereocenters. The van der Waals surface area contributed by atoms with E-state index in [2.05, 4.69) is 5.32 Å². The number of halogens is 1. The van der Waals surface area contributed by atoms with Crippen LogP contribution in [0.25, 0.3) is 6.08 Å². The molecule has 1 aliphatic heterocycles. The van der Waals surface area contributed by atoms with Crippen molar-refractivity contribution in [3.63, 3.8) is 0 Å². The number of barbiturate groups is 1. The van der Waals surface area contributed by atoms with Crippen molar-refractivity contribution in [1.82, 2.24) is 10.2 Å². The molecule has 1 aliphatic rings. The molecule has 1 fully saturated rings. The minimum Gasteiger partial charge on any atom is -0.462 e. The van der Waals surface area contributed by atoms with Gasteiger partial charge in [0.05, 0.1) is 6.54 Å². The maximum Gasteiger partial charge on any atom is 0.331 e. The largest absolute Gasteiger partial charge is 0.462 e. The highest BCUT2D eigenvalue weighted by molar-refractivity contribution is 6.32. The zero-order valence-electron chi connectivity index (χ0n) is 12.7. The van der Waals surface area contributed by atoms with Crippen LogP contribution in [0, 0.1) is 6.92 Å². The fourth-order valence-electron chi connectivity index (χ4n) is 2.31. The number of hydrogen-bond donors (Lipinski definition) is 1. The standard InChI is InChI=1S/C17H13ClN2O4/c1-10-6-7-12(24-10)8-13-15(21)19-17(23)20(16(13)22)9-11-4-2-3-5-14(11)18/h2-8H,9H2,1H3,(H,19,21,23). The highest BCUT2D eigenvalue weighted by Gasteiger charge is 2.36. The van der Waals surface area contributed by atoms with Crippen LogP contribution in [0.1, 0.15) is 17.1 Å². The Morgan fingerprint density at radius 3 is 2.58 bits per heavy atom. The lowest BCUT2D eigenvalue weighted by Crippen LogP contribution is -2.53. The lowest BCUT2D eigenvalue weighted by molar-refractivity contribution is -0.130. The third-order valence-electron chi connectivity index (χ3n) is 3.52. The predicted molar refractivity (Wildman–Crippen MR) is 87.0 cm³/mol. The van der Waals surface area contributed by atoms with E-state index in [9.17, 15) is 14.4 Å². The Hall–Kier alpha value is -2.86. The van der Waals surface area contributed by atoms with Crippen molar-refractivity contribution in [2.75, 3.05) is 0 Å². The SMILES string of the molecule is Cc1ccc(C=C2C(=O)NC(=O)N(Cc3ccccc3Cl)C2=O)o1. The Morgan fingerprint density at radius 1 is 1.17 bits per heavy atom. The third-order valence-corrected chi connectivity index (χ3v) is 3.89. The van der Waals surface area contributed by atoms with Gasteiger partial charge in [0.25, 0.3) is 11.8 Å². The number of imide groups is 2. The average molecular weight is 345 g/mol. The van der Waals surface area contributed by atoms with Gasteiger partial charge in [-0.1, -0.05) is 29.8 Å². The van der Waals surface area contributed by atoms with Gasteiger partial charge in [-0.3, -0.25) is 19.8 Å². The third kappa shape index (κ3) is 3.09. The zero-order valence-corrected chi connectivity index (χ0v) is 13.5. The summed E-state index contributed by atoms with van der Waals surface area (Å²) in [5.41, 5.74) is 0.432. The minimum absolute atomic E-state index is 0.0356. The van der Waals surface area contributed by atoms with Crippen molar-refractivity contribution in [1.29, 1.82) is 0 Å². The molecule has 1 saturated heterocycles. The Morgan fingerprint density at radius 2 is 1.92 bits per heavy atom. The molecule has 0 bridgehead atoms. The van der Waals surface area contributed by atoms with E-state index in [1.165, 1.54) is 6.08 Å². The number of aryl methyl sites for hydroxylation is 1. The maximum atomic E-state index is 12.6. The monoisotopic (exact) mass is 344 g/mol. The molecule has 4 amide bonds. The van der Waals surface area contributed by atoms with Crippen molar-refractivity contribution in [2.45, 2.75) is 13.5 Å². The Kier molecular flexibility index (Phi) is 4.22. The van der Waals surface area contributed by atoms with Crippen LogP contribution in [0.5, 0.6) is 0 Å². The molecule has 0 unspecified atom stereocenters. The van der Waals surface area contributed by atoms with Gasteiger partial charge in [-0.25, -0.2) is 4.79 Å². The predicted octanol–water partition coefficient (Wildman–Crippen LogP) is 2.90. The van der Waals surface area contributed by atoms with Crippen LogP contribution in [-0.4, -0.2) is 22.7 Å². The number of hydrogen-bond acceptors (Lipinski definition) is 4. The van der Waals surface area contributed by atoms with Crippen LogP contribution < -0.4 is 5.32 Å². The molecular formula is C17H13ClN2O4. The second-order valence-electron chi connectivity index (χ2n) is 5.25. The van der Waals surface area contributed by atoms with E-state index in [0.717, 1.165) is 4.90 Å². The van der Waals surface area contributed by atoms with E-state index >= 15 is 0 Å². The van der Waals surface area contributed by atoms with Gasteiger partial charge in [0.2, 0.25) is 0 Å². The number of nitrogens with zero attached hydrogens (tertiary/aromatic N) is 1. The van der Waals surface area contributed by atoms with Gasteiger partial charge in [-0.05, 0) is 36.8 Å². The molecule has 7 heteroatoms. The van der Waals surface area contributed by atoms with E-state index in [1.807, 2.05) is 0 Å². The van der Waals surface area contributed by atoms with Crippen molar-refractivity contribution in [2.24, 2.45) is 0 Å². The van der Waals surface area contributed by atoms with Crippen molar-refractivity contribution in [3.8, 4) is 0 Å². The highest BCUT2D eigenvalue weighted by atomic mass is 35.5. The summed E-state index contributed by atoms with van der Waals surface area (Å²) in [6, 6.07) is 9.44. The summed E-state index contributed by atoms with van der Waals surface area (Å²) < 4.78 is 5.35. The molecule has 122 valence electrons. The van der Waals surface area contributed by atoms with Gasteiger partial charge < -0.3 is 4.42 Å². The summed E-state index contributed by atoms with van der Waals surface area (Å²) in [4.78, 5) is 37.5. The quantitative estimate of drug-likeness (QED) is 0.685. The van der Waals surface area contributed by atoms with Crippen LogP contribution >= 0.6 is 11.6 Å². The summed E-state index contributed by atoms with van der Waals surface area (Å²) in [5, 5.41) is 2.58. The molecule has 1 N–H and O–H groups in total. The van der Waals surface area contributed by atoms with E-state index in [0.29, 0.717) is 22.1 Å². The molecule has 2 aromatic rings. The van der Waals surface area contributed by atoms with Gasteiger partial charge in [0, 0.05) is 5.02 Å². The van der Waals surface area contributed by atoms with E-state index in [4.69, 9.17) is 16.0 Å². The van der Waals surface area contributed by atoms with Crippen LogP contribution in [-0.2, 0) is 16.1 Å². The van der Waals surface area contributed by atoms with E-state index in [-0.39, 0.29) is 12.1 Å². The molecule has 3 rings (SSSR count). The van der Waals surface area contributed by atoms with Crippen LogP contribution in [0.2, 0.25) is 5.02 Å². The second kappa shape index (κ2) is 6.33. The fourth-order valence-corrected chi connectivity index (χ4v) is 2.50. The second-order valence-corrected chi connectivity index (χ2v) is 5.66. The number of amides is 4. The van der Waals surface area contributed by atoms with Crippen molar-refractivity contribution < 1.29 is 18.8 Å². The molecule has 24 heavy (non-hydrogen) atoms. The van der Waals surface area contributed by atoms with Gasteiger partial charge in [-0.15, -0.1) is 0 Å². The van der Waals surface area contributed by atoms with Crippen LogP contribution in [0.4, 0.5) is 4.79 Å². The lowest BCUT2D eigenvalue weighted by atomic mass is 10.1. The molecule has 1 aromatic heterocycles. The average Bonchev–Trinajstić information content (AvgIpc) is 2.95. The summed E-state index contributed by atoms with van der Waals surface area (Å²) in [5.74, 6) is -0.445. The number of carbonyl (C=O) groups is 3. The fraction of sp³-hybridized carbons (Fsp3) is 0.118. The Balaban J connectivity index is 1.91. The van der Waals surface area contributed by atoms with E-state index in [1.54, 1.807) is 43.3 Å². The highest BCUT2D eigenvalue weighted by Crippen LogP contribution is 2.21. The first-order valence-corrected chi connectivity index (χ1v) is 7.52. The van der Waals surface area contributed by atoms with Gasteiger partial charge >= 0.3 is 6.03 Å². The first kappa shape index (κ1) is 16.0. The van der Waals surface area contributed by atoms with E-state index < -0.39 is 17.8 Å². The summed E-state index contributed by atoms with van der Waals surface area (Å²) >= 11 is 6.07. The van der Waals surface area contributed by atoms with Crippen LogP contribution in [0.15, 0.2) is 46.4 Å². The summed E-state index contributed by atoms with van der Waals surface area (Å²) in [6.45, 7) is 1.71. The maximum absolute atomic E-state index is 12.6. The Bertz CT molecular complexity index is 869. The molecule has 0 spiro atoms. The van der Waals surface area contributed by atoms with Gasteiger partial charge in [0.15, 0.2) is 0 Å². The summed E-state index contributed by atoms with van der Waals surface area (Å²) in [6.07, 6.45) is 1.32. The minimum atomic E-state index is -0.780. The number of urea groups is 1. The molecular weight excluding hydrogens is 332 g/mol. The van der Waals surface area contributed by atoms with Crippen LogP contribution in [0.3, 0.4) is 0 Å². The molecule has 2 heterocycles. The summed E-state index contributed by atoms with van der Waals surface area (Å²) in [7, 11) is 0. The number of carbonyl (C=O) groups excluding carboxylic acids is 3. The normalized spacial score (nSPS) is 16.7. The molecule has 1 aromatic carbocycles. The van der Waals surface area contributed by atoms with Crippen molar-refractivity contribution in [3.05, 3.63) is 64.1 Å². The molecule has 6 nitrogen and oxygen atoms in total.